The number of nitrogens with zero attached hydrogens (tertiary/aromatic N) is 2. The number of nitrogens with one attached hydrogen (secondary N) is 2. The SMILES string of the molecule is Nc1nc(C(NC(=O)c2ccc(O)c(O)c2)C(=O)NC2C(=O)N3C(C(=O)O)=CCS[C@@H]23)cs1. The van der Waals surface area contributed by atoms with Crippen LogP contribution in [0.15, 0.2) is 35.4 Å². The first-order chi connectivity index (χ1) is 15.7. The Balaban J connectivity index is 1.53. The number of hydrogen-bond donors (Lipinski definition) is 6. The molecule has 4 rings (SSSR count). The van der Waals surface area contributed by atoms with Gasteiger partial charge in [-0.25, -0.2) is 9.78 Å². The third-order valence-electron chi connectivity index (χ3n) is 4.97. The Morgan fingerprint density at radius 2 is 2.00 bits per heavy atom. The number of thiazole rings is 1. The predicted octanol–water partition coefficient (Wildman–Crippen LogP) is -0.0240. The summed E-state index contributed by atoms with van der Waals surface area (Å²) >= 11 is 2.34. The van der Waals surface area contributed by atoms with Gasteiger partial charge in [0.2, 0.25) is 5.91 Å². The Kier molecular flexibility index (Phi) is 5.86. The fraction of sp³-hybridized carbons (Fsp3) is 0.211. The maximum Gasteiger partial charge on any atom is 0.352 e. The molecule has 0 spiro atoms. The van der Waals surface area contributed by atoms with Gasteiger partial charge in [-0.05, 0) is 24.3 Å². The molecule has 1 saturated heterocycles. The van der Waals surface area contributed by atoms with Crippen LogP contribution in [0.25, 0.3) is 0 Å². The van der Waals surface area contributed by atoms with Crippen LogP contribution in [0.4, 0.5) is 5.13 Å². The van der Waals surface area contributed by atoms with Crippen LogP contribution >= 0.6 is 23.1 Å². The zero-order chi connectivity index (χ0) is 23.9. The number of hydrogen-bond acceptors (Lipinski definition) is 10. The lowest BCUT2D eigenvalue weighted by atomic mass is 10.0. The van der Waals surface area contributed by atoms with Gasteiger partial charge in [0.1, 0.15) is 17.1 Å². The number of nitrogen functional groups attached to an aromatic ring is 1. The summed E-state index contributed by atoms with van der Waals surface area (Å²) in [5.41, 5.74) is 5.63. The number of aromatic nitrogens is 1. The van der Waals surface area contributed by atoms with Crippen molar-refractivity contribution in [2.45, 2.75) is 17.5 Å². The fourth-order valence-electron chi connectivity index (χ4n) is 3.36. The molecule has 14 heteroatoms. The van der Waals surface area contributed by atoms with Crippen molar-refractivity contribution in [1.29, 1.82) is 0 Å². The standard InChI is InChI=1S/C19H17N5O7S2/c20-19-21-8(6-33-19)12(22-14(27)7-1-2-10(25)11(26)5-7)15(28)23-13-16(29)24-9(18(30)31)3-4-32-17(13)24/h1-3,5-6,12-13,17,25-26H,4H2,(H2,20,21)(H,22,27)(H,23,28)(H,30,31)/t12?,13?,17-/m0/s1. The highest BCUT2D eigenvalue weighted by molar-refractivity contribution is 8.00. The van der Waals surface area contributed by atoms with Crippen LogP contribution in [-0.4, -0.2) is 66.1 Å². The van der Waals surface area contributed by atoms with Gasteiger partial charge in [0, 0.05) is 16.7 Å². The van der Waals surface area contributed by atoms with Crippen LogP contribution < -0.4 is 16.4 Å². The number of thioether (sulfide) groups is 1. The summed E-state index contributed by atoms with van der Waals surface area (Å²) in [5, 5.41) is 34.4. The van der Waals surface area contributed by atoms with Gasteiger partial charge >= 0.3 is 5.97 Å². The molecule has 3 heterocycles. The minimum absolute atomic E-state index is 0.0312. The maximum absolute atomic E-state index is 13.1. The number of benzene rings is 1. The average Bonchev–Trinajstić information content (AvgIpc) is 3.22. The topological polar surface area (TPSA) is 195 Å². The molecule has 0 bridgehead atoms. The highest BCUT2D eigenvalue weighted by atomic mass is 32.2. The lowest BCUT2D eigenvalue weighted by molar-refractivity contribution is -0.150. The number of rotatable bonds is 6. The lowest BCUT2D eigenvalue weighted by Gasteiger charge is -2.48. The summed E-state index contributed by atoms with van der Waals surface area (Å²) in [5.74, 6) is -3.89. The van der Waals surface area contributed by atoms with Gasteiger partial charge in [0.15, 0.2) is 22.7 Å². The Hall–Kier alpha value is -3.78. The van der Waals surface area contributed by atoms with Crippen molar-refractivity contribution in [3.05, 3.63) is 46.6 Å². The van der Waals surface area contributed by atoms with E-state index in [2.05, 4.69) is 15.6 Å². The van der Waals surface area contributed by atoms with E-state index >= 15 is 0 Å². The van der Waals surface area contributed by atoms with Crippen molar-refractivity contribution >= 4 is 51.9 Å². The molecule has 0 aliphatic carbocycles. The predicted molar refractivity (Wildman–Crippen MR) is 117 cm³/mol. The monoisotopic (exact) mass is 491 g/mol. The third-order valence-corrected chi connectivity index (χ3v) is 6.85. The van der Waals surface area contributed by atoms with E-state index in [1.165, 1.54) is 29.3 Å². The second kappa shape index (κ2) is 8.63. The summed E-state index contributed by atoms with van der Waals surface area (Å²) in [6, 6.07) is 1.09. The Labute approximate surface area is 194 Å². The van der Waals surface area contributed by atoms with Gasteiger partial charge in [-0.2, -0.15) is 0 Å². The molecule has 33 heavy (non-hydrogen) atoms. The normalized spacial score (nSPS) is 20.2. The Bertz CT molecular complexity index is 1200. The van der Waals surface area contributed by atoms with Crippen molar-refractivity contribution in [3.63, 3.8) is 0 Å². The third kappa shape index (κ3) is 4.17. The number of β-lactam (4-membered cyclic amide) rings is 1. The van der Waals surface area contributed by atoms with E-state index in [9.17, 15) is 34.5 Å². The van der Waals surface area contributed by atoms with Crippen LogP contribution in [0, 0.1) is 0 Å². The molecule has 1 aromatic heterocycles. The van der Waals surface area contributed by atoms with Gasteiger partial charge in [-0.15, -0.1) is 23.1 Å². The molecule has 2 aromatic rings. The van der Waals surface area contributed by atoms with Crippen molar-refractivity contribution in [2.75, 3.05) is 11.5 Å². The van der Waals surface area contributed by atoms with Gasteiger partial charge in [-0.3, -0.25) is 19.3 Å². The number of carboxylic acids is 1. The maximum atomic E-state index is 13.1. The number of carbonyl (C=O) groups excluding carboxylic acids is 3. The van der Waals surface area contributed by atoms with E-state index in [1.807, 2.05) is 0 Å². The van der Waals surface area contributed by atoms with Crippen LogP contribution in [0.3, 0.4) is 0 Å². The second-order valence-corrected chi connectivity index (χ2v) is 9.07. The minimum Gasteiger partial charge on any atom is -0.504 e. The number of aromatic hydroxyl groups is 2. The smallest absolute Gasteiger partial charge is 0.352 e. The van der Waals surface area contributed by atoms with Crippen LogP contribution in [0.5, 0.6) is 11.5 Å². The minimum atomic E-state index is -1.33. The molecule has 2 aliphatic heterocycles. The number of carboxylic acid groups (broad SMARTS) is 1. The molecule has 2 aliphatic rings. The Morgan fingerprint density at radius 3 is 2.64 bits per heavy atom. The molecule has 1 aromatic carbocycles. The number of aliphatic carboxylic acids is 1. The summed E-state index contributed by atoms with van der Waals surface area (Å²) in [4.78, 5) is 54.8. The molecular formula is C19H17N5O7S2. The highest BCUT2D eigenvalue weighted by Gasteiger charge is 2.53. The van der Waals surface area contributed by atoms with Gasteiger partial charge in [-0.1, -0.05) is 0 Å². The molecule has 0 saturated carbocycles. The van der Waals surface area contributed by atoms with Gasteiger partial charge in [0.25, 0.3) is 11.8 Å². The number of phenolic OH excluding ortho intramolecular Hbond substituents is 2. The van der Waals surface area contributed by atoms with Crippen molar-refractivity contribution in [3.8, 4) is 11.5 Å². The van der Waals surface area contributed by atoms with E-state index in [4.69, 9.17) is 5.73 Å². The highest BCUT2D eigenvalue weighted by Crippen LogP contribution is 2.37. The molecule has 2 unspecified atom stereocenters. The molecule has 7 N–H and O–H groups in total. The van der Waals surface area contributed by atoms with E-state index in [-0.39, 0.29) is 22.1 Å². The first-order valence-corrected chi connectivity index (χ1v) is 11.3. The molecule has 12 nitrogen and oxygen atoms in total. The van der Waals surface area contributed by atoms with Crippen LogP contribution in [0.2, 0.25) is 0 Å². The first-order valence-electron chi connectivity index (χ1n) is 9.39. The molecule has 1 fully saturated rings. The van der Waals surface area contributed by atoms with E-state index < -0.39 is 52.6 Å². The fourth-order valence-corrected chi connectivity index (χ4v) is 5.14. The summed E-state index contributed by atoms with van der Waals surface area (Å²) in [6.45, 7) is 0. The molecular weight excluding hydrogens is 474 g/mol. The number of phenols is 2. The number of nitrogens with two attached hydrogens (primary N) is 1. The van der Waals surface area contributed by atoms with E-state index in [0.29, 0.717) is 5.75 Å². The van der Waals surface area contributed by atoms with Crippen molar-refractivity contribution in [2.24, 2.45) is 0 Å². The Morgan fingerprint density at radius 1 is 1.24 bits per heavy atom. The number of fused-ring (bicyclic) bond motifs is 1. The van der Waals surface area contributed by atoms with Crippen molar-refractivity contribution < 1.29 is 34.5 Å². The zero-order valence-corrected chi connectivity index (χ0v) is 18.2. The molecule has 172 valence electrons. The quantitative estimate of drug-likeness (QED) is 0.236. The second-order valence-electron chi connectivity index (χ2n) is 7.03. The van der Waals surface area contributed by atoms with Crippen LogP contribution in [-0.2, 0) is 14.4 Å². The summed E-state index contributed by atoms with van der Waals surface area (Å²) in [7, 11) is 0. The molecule has 3 atom stereocenters. The largest absolute Gasteiger partial charge is 0.504 e. The summed E-state index contributed by atoms with van der Waals surface area (Å²) < 4.78 is 0. The first kappa shape index (κ1) is 22.4. The zero-order valence-electron chi connectivity index (χ0n) is 16.6. The van der Waals surface area contributed by atoms with Gasteiger partial charge in [0.05, 0.1) is 5.69 Å². The lowest BCUT2D eigenvalue weighted by Crippen LogP contribution is -2.70. The molecule has 3 amide bonds. The number of carbonyl (C=O) groups is 4. The molecule has 0 radical (unpaired) electrons. The van der Waals surface area contributed by atoms with Crippen LogP contribution in [0.1, 0.15) is 22.1 Å². The average molecular weight is 492 g/mol. The van der Waals surface area contributed by atoms with E-state index in [0.717, 1.165) is 28.4 Å². The van der Waals surface area contributed by atoms with Crippen molar-refractivity contribution in [1.82, 2.24) is 20.5 Å². The summed E-state index contributed by atoms with van der Waals surface area (Å²) in [6.07, 6.45) is 1.42. The number of anilines is 1. The van der Waals surface area contributed by atoms with Gasteiger partial charge < -0.3 is 31.7 Å². The van der Waals surface area contributed by atoms with E-state index in [1.54, 1.807) is 0 Å². The number of amides is 3.